The van der Waals surface area contributed by atoms with Gasteiger partial charge in [0.25, 0.3) is 0 Å². The van der Waals surface area contributed by atoms with Crippen LogP contribution in [0.2, 0.25) is 0 Å². The van der Waals surface area contributed by atoms with Gasteiger partial charge >= 0.3 is 0 Å². The summed E-state index contributed by atoms with van der Waals surface area (Å²) in [6.07, 6.45) is 5.93. The first-order valence-corrected chi connectivity index (χ1v) is 5.52. The summed E-state index contributed by atoms with van der Waals surface area (Å²) in [5.41, 5.74) is 12.8. The number of hydrogen-bond donors (Lipinski definition) is 2. The van der Waals surface area contributed by atoms with E-state index in [2.05, 4.69) is 4.99 Å². The van der Waals surface area contributed by atoms with Crippen LogP contribution in [0.1, 0.15) is 5.56 Å². The summed E-state index contributed by atoms with van der Waals surface area (Å²) in [4.78, 5) is 3.99. The Morgan fingerprint density at radius 3 is 2.65 bits per heavy atom. The summed E-state index contributed by atoms with van der Waals surface area (Å²) in [7, 11) is 1.65. The van der Waals surface area contributed by atoms with E-state index in [-0.39, 0.29) is 6.04 Å². The van der Waals surface area contributed by atoms with Gasteiger partial charge in [-0.3, -0.25) is 4.99 Å². The molecule has 1 aliphatic heterocycles. The lowest BCUT2D eigenvalue weighted by molar-refractivity contribution is 0.414. The van der Waals surface area contributed by atoms with Gasteiger partial charge in [0.2, 0.25) is 0 Å². The summed E-state index contributed by atoms with van der Waals surface area (Å²) in [6, 6.07) is 7.59. The molecule has 0 saturated carbocycles. The molecule has 0 bridgehead atoms. The van der Waals surface area contributed by atoms with Crippen LogP contribution in [0.25, 0.3) is 0 Å². The average molecular weight is 231 g/mol. The van der Waals surface area contributed by atoms with Gasteiger partial charge in [-0.2, -0.15) is 0 Å². The molecule has 1 heterocycles. The SMILES string of the molecule is COc1ccc(CC2(N)C=CN=CC2N)cc1. The van der Waals surface area contributed by atoms with Gasteiger partial charge in [0.15, 0.2) is 0 Å². The van der Waals surface area contributed by atoms with Gasteiger partial charge in [0.05, 0.1) is 18.7 Å². The van der Waals surface area contributed by atoms with Crippen LogP contribution in [0.3, 0.4) is 0 Å². The monoisotopic (exact) mass is 231 g/mol. The van der Waals surface area contributed by atoms with Crippen LogP contribution >= 0.6 is 0 Å². The second kappa shape index (κ2) is 4.69. The minimum atomic E-state index is -0.559. The van der Waals surface area contributed by atoms with Gasteiger partial charge in [-0.15, -0.1) is 0 Å². The maximum atomic E-state index is 6.27. The highest BCUT2D eigenvalue weighted by molar-refractivity contribution is 5.69. The highest BCUT2D eigenvalue weighted by Crippen LogP contribution is 2.19. The van der Waals surface area contributed by atoms with Gasteiger partial charge in [0, 0.05) is 12.4 Å². The van der Waals surface area contributed by atoms with Gasteiger partial charge in [-0.25, -0.2) is 0 Å². The Labute approximate surface area is 101 Å². The number of benzene rings is 1. The Hall–Kier alpha value is -1.65. The Balaban J connectivity index is 2.14. The molecule has 1 aromatic rings. The van der Waals surface area contributed by atoms with E-state index in [1.165, 1.54) is 0 Å². The van der Waals surface area contributed by atoms with E-state index in [4.69, 9.17) is 16.2 Å². The minimum Gasteiger partial charge on any atom is -0.497 e. The normalized spacial score (nSPS) is 27.1. The maximum Gasteiger partial charge on any atom is 0.118 e. The number of nitrogens with zero attached hydrogens (tertiary/aromatic N) is 1. The molecule has 0 spiro atoms. The third-order valence-corrected chi connectivity index (χ3v) is 3.01. The summed E-state index contributed by atoms with van der Waals surface area (Å²) < 4.78 is 5.11. The molecule has 0 aromatic heterocycles. The standard InChI is InChI=1S/C13H17N3O/c1-17-11-4-2-10(3-5-11)8-13(15)6-7-16-9-12(13)14/h2-7,9,12H,8,14-15H2,1H3. The molecule has 4 N–H and O–H groups in total. The zero-order valence-corrected chi connectivity index (χ0v) is 9.84. The molecule has 0 fully saturated rings. The molecule has 0 amide bonds. The molecule has 1 aliphatic rings. The molecule has 0 aliphatic carbocycles. The van der Waals surface area contributed by atoms with Crippen molar-refractivity contribution in [3.63, 3.8) is 0 Å². The van der Waals surface area contributed by atoms with Crippen molar-refractivity contribution in [1.29, 1.82) is 0 Å². The van der Waals surface area contributed by atoms with Gasteiger partial charge < -0.3 is 16.2 Å². The van der Waals surface area contributed by atoms with Crippen LogP contribution in [0.5, 0.6) is 5.75 Å². The number of aliphatic imine (C=N–C) groups is 1. The minimum absolute atomic E-state index is 0.255. The second-order valence-corrected chi connectivity index (χ2v) is 4.28. The first-order chi connectivity index (χ1) is 8.14. The highest BCUT2D eigenvalue weighted by Gasteiger charge is 2.30. The van der Waals surface area contributed by atoms with Crippen molar-refractivity contribution in [3.05, 3.63) is 42.1 Å². The van der Waals surface area contributed by atoms with Crippen LogP contribution in [0.4, 0.5) is 0 Å². The van der Waals surface area contributed by atoms with Gasteiger partial charge in [-0.05, 0) is 30.2 Å². The fourth-order valence-corrected chi connectivity index (χ4v) is 1.85. The lowest BCUT2D eigenvalue weighted by atomic mass is 9.84. The molecule has 4 heteroatoms. The molecule has 0 saturated heterocycles. The van der Waals surface area contributed by atoms with Crippen molar-refractivity contribution in [2.75, 3.05) is 7.11 Å². The predicted octanol–water partition coefficient (Wildman–Crippen LogP) is 0.861. The zero-order chi connectivity index (χ0) is 12.3. The molecule has 17 heavy (non-hydrogen) atoms. The van der Waals surface area contributed by atoms with E-state index in [1.807, 2.05) is 30.3 Å². The van der Waals surface area contributed by atoms with Crippen molar-refractivity contribution in [2.24, 2.45) is 16.5 Å². The molecule has 90 valence electrons. The van der Waals surface area contributed by atoms with Crippen molar-refractivity contribution in [1.82, 2.24) is 0 Å². The maximum absolute atomic E-state index is 6.27. The lowest BCUT2D eigenvalue weighted by Crippen LogP contribution is -2.57. The van der Waals surface area contributed by atoms with Crippen molar-refractivity contribution >= 4 is 6.21 Å². The van der Waals surface area contributed by atoms with Crippen LogP contribution in [-0.2, 0) is 6.42 Å². The van der Waals surface area contributed by atoms with E-state index in [0.29, 0.717) is 6.42 Å². The van der Waals surface area contributed by atoms with Gasteiger partial charge in [-0.1, -0.05) is 12.1 Å². The molecule has 1 aromatic carbocycles. The predicted molar refractivity (Wildman–Crippen MR) is 69.2 cm³/mol. The largest absolute Gasteiger partial charge is 0.497 e. The third-order valence-electron chi connectivity index (χ3n) is 3.01. The average Bonchev–Trinajstić information content (AvgIpc) is 2.34. The highest BCUT2D eigenvalue weighted by atomic mass is 16.5. The van der Waals surface area contributed by atoms with E-state index in [0.717, 1.165) is 11.3 Å². The van der Waals surface area contributed by atoms with Crippen LogP contribution in [-0.4, -0.2) is 24.9 Å². The Morgan fingerprint density at radius 1 is 1.35 bits per heavy atom. The Kier molecular flexibility index (Phi) is 3.26. The topological polar surface area (TPSA) is 73.6 Å². The van der Waals surface area contributed by atoms with Crippen LogP contribution < -0.4 is 16.2 Å². The summed E-state index contributed by atoms with van der Waals surface area (Å²) in [6.45, 7) is 0. The number of hydrogen-bond acceptors (Lipinski definition) is 4. The first-order valence-electron chi connectivity index (χ1n) is 5.52. The zero-order valence-electron chi connectivity index (χ0n) is 9.84. The third kappa shape index (κ3) is 2.54. The number of rotatable bonds is 3. The molecular formula is C13H17N3O. The molecule has 2 rings (SSSR count). The smallest absolute Gasteiger partial charge is 0.118 e. The lowest BCUT2D eigenvalue weighted by Gasteiger charge is -2.31. The molecule has 0 radical (unpaired) electrons. The first kappa shape index (κ1) is 11.8. The quantitative estimate of drug-likeness (QED) is 0.810. The summed E-state index contributed by atoms with van der Waals surface area (Å²) in [5, 5.41) is 0. The van der Waals surface area contributed by atoms with Crippen molar-refractivity contribution in [3.8, 4) is 5.75 Å². The second-order valence-electron chi connectivity index (χ2n) is 4.28. The van der Waals surface area contributed by atoms with Crippen molar-refractivity contribution < 1.29 is 4.74 Å². The van der Waals surface area contributed by atoms with E-state index in [1.54, 1.807) is 19.5 Å². The number of nitrogens with two attached hydrogens (primary N) is 2. The fraction of sp³-hybridized carbons (Fsp3) is 0.308. The summed E-state index contributed by atoms with van der Waals surface area (Å²) >= 11 is 0. The number of methoxy groups -OCH3 is 1. The molecule has 4 nitrogen and oxygen atoms in total. The molecular weight excluding hydrogens is 214 g/mol. The summed E-state index contributed by atoms with van der Waals surface area (Å²) in [5.74, 6) is 0.838. The Morgan fingerprint density at radius 2 is 2.06 bits per heavy atom. The fourth-order valence-electron chi connectivity index (χ4n) is 1.85. The molecule has 2 unspecified atom stereocenters. The Bertz CT molecular complexity index is 438. The van der Waals surface area contributed by atoms with Gasteiger partial charge in [0.1, 0.15) is 5.75 Å². The van der Waals surface area contributed by atoms with Crippen LogP contribution in [0, 0.1) is 0 Å². The van der Waals surface area contributed by atoms with E-state index < -0.39 is 5.54 Å². The van der Waals surface area contributed by atoms with E-state index >= 15 is 0 Å². The van der Waals surface area contributed by atoms with Crippen LogP contribution in [0.15, 0.2) is 41.5 Å². The van der Waals surface area contributed by atoms with Crippen molar-refractivity contribution in [2.45, 2.75) is 18.0 Å². The number of ether oxygens (including phenoxy) is 1. The van der Waals surface area contributed by atoms with E-state index in [9.17, 15) is 0 Å². The molecule has 2 atom stereocenters.